The van der Waals surface area contributed by atoms with Crippen LogP contribution in [0.3, 0.4) is 0 Å². The van der Waals surface area contributed by atoms with Gasteiger partial charge in [-0.3, -0.25) is 0 Å². The van der Waals surface area contributed by atoms with Crippen molar-refractivity contribution in [1.82, 2.24) is 9.55 Å². The van der Waals surface area contributed by atoms with Crippen molar-refractivity contribution in [3.05, 3.63) is 247 Å². The molecular formula is C73H65N4OPt-3. The van der Waals surface area contributed by atoms with E-state index in [1.54, 1.807) is 12.3 Å². The molecule has 396 valence electrons. The van der Waals surface area contributed by atoms with Gasteiger partial charge in [-0.15, -0.1) is 48.1 Å². The molecule has 1 aliphatic heterocycles. The van der Waals surface area contributed by atoms with Crippen LogP contribution in [0.4, 0.5) is 22.7 Å². The summed E-state index contributed by atoms with van der Waals surface area (Å²) < 4.78 is 35.3. The summed E-state index contributed by atoms with van der Waals surface area (Å²) in [6.07, 6.45) is 1.70. The maximum atomic E-state index is 8.83. The van der Waals surface area contributed by atoms with E-state index in [1.165, 1.54) is 16.7 Å². The molecule has 0 amide bonds. The molecule has 1 aliphatic rings. The molecule has 0 atom stereocenters. The van der Waals surface area contributed by atoms with E-state index in [4.69, 9.17) is 13.8 Å². The van der Waals surface area contributed by atoms with Gasteiger partial charge in [0.1, 0.15) is 5.82 Å². The molecule has 0 spiro atoms. The van der Waals surface area contributed by atoms with Crippen molar-refractivity contribution in [3.8, 4) is 61.8 Å². The average molecular weight is 1210 g/mol. The Labute approximate surface area is 485 Å². The Kier molecular flexibility index (Phi) is 12.9. The second-order valence-electron chi connectivity index (χ2n) is 23.6. The molecule has 79 heavy (non-hydrogen) atoms. The van der Waals surface area contributed by atoms with Crippen molar-refractivity contribution in [3.63, 3.8) is 0 Å². The van der Waals surface area contributed by atoms with E-state index < -0.39 is 6.85 Å². The summed E-state index contributed by atoms with van der Waals surface area (Å²) >= 11 is 0. The largest absolute Gasteiger partial charge is 0.509 e. The first kappa shape index (κ1) is 49.3. The molecule has 0 aliphatic carbocycles. The number of aryl methyl sites for hydroxylation is 1. The Morgan fingerprint density at radius 3 is 1.61 bits per heavy atom. The van der Waals surface area contributed by atoms with E-state index in [1.807, 2.05) is 34.9 Å². The molecule has 3 heterocycles. The summed E-state index contributed by atoms with van der Waals surface area (Å²) in [7, 11) is 0. The first-order valence-corrected chi connectivity index (χ1v) is 26.9. The van der Waals surface area contributed by atoms with Crippen LogP contribution >= 0.6 is 0 Å². The quantitative estimate of drug-likeness (QED) is 0.135. The third-order valence-corrected chi connectivity index (χ3v) is 15.2. The molecule has 0 N–H and O–H groups in total. The van der Waals surface area contributed by atoms with Gasteiger partial charge < -0.3 is 19.1 Å². The van der Waals surface area contributed by atoms with Crippen LogP contribution in [0.25, 0.3) is 72.1 Å². The van der Waals surface area contributed by atoms with Gasteiger partial charge in [0.15, 0.2) is 0 Å². The first-order valence-electron chi connectivity index (χ1n) is 28.4. The summed E-state index contributed by atoms with van der Waals surface area (Å²) in [5, 5.41) is 1.90. The van der Waals surface area contributed by atoms with Crippen molar-refractivity contribution < 1.29 is 29.9 Å². The van der Waals surface area contributed by atoms with Crippen molar-refractivity contribution in [1.29, 1.82) is 0 Å². The predicted octanol–water partition coefficient (Wildman–Crippen LogP) is 19.8. The number of hydrogen-bond acceptors (Lipinski definition) is 4. The molecule has 12 rings (SSSR count). The Balaban J connectivity index is 0.00000705. The van der Waals surface area contributed by atoms with Crippen LogP contribution in [0, 0.1) is 25.7 Å². The number of rotatable bonds is 9. The molecule has 0 fully saturated rings. The van der Waals surface area contributed by atoms with Gasteiger partial charge in [0.25, 0.3) is 0 Å². The van der Waals surface area contributed by atoms with Crippen molar-refractivity contribution in [2.75, 3.05) is 9.80 Å². The zero-order chi connectivity index (χ0) is 56.6. The van der Waals surface area contributed by atoms with Crippen LogP contribution in [0.2, 0.25) is 0 Å². The number of nitrogens with zero attached hydrogens (tertiary/aromatic N) is 4. The zero-order valence-corrected chi connectivity index (χ0v) is 48.5. The van der Waals surface area contributed by atoms with E-state index in [9.17, 15) is 0 Å². The number of fused-ring (bicyclic) bond motifs is 4. The molecule has 6 heteroatoms. The van der Waals surface area contributed by atoms with Crippen LogP contribution in [0.15, 0.2) is 206 Å². The number of hydrogen-bond donors (Lipinski definition) is 0. The molecule has 0 saturated heterocycles. The summed E-state index contributed by atoms with van der Waals surface area (Å²) in [5.41, 5.74) is 17.4. The van der Waals surface area contributed by atoms with Crippen molar-refractivity contribution in [2.45, 2.75) is 85.4 Å². The fraction of sp³-hybridized carbons (Fsp3) is 0.178. The molecule has 5 nitrogen and oxygen atoms in total. The van der Waals surface area contributed by atoms with E-state index in [2.05, 4.69) is 255 Å². The minimum atomic E-state index is -2.43. The topological polar surface area (TPSA) is 33.5 Å². The van der Waals surface area contributed by atoms with Gasteiger partial charge in [0.2, 0.25) is 0 Å². The fourth-order valence-electron chi connectivity index (χ4n) is 10.8. The summed E-state index contributed by atoms with van der Waals surface area (Å²) in [5.74, 6) is 1.44. The maximum Gasteiger partial charge on any atom is 0.135 e. The van der Waals surface area contributed by atoms with E-state index in [-0.39, 0.29) is 42.9 Å². The SMILES string of the molecule is [2H]C([2H])([2H])c1cc(-n2c3[c-]c(Oc4[c-]c(N5[CH-]N(c6c(-c7ccccc7)cccc6-c6ccc(C(C)(C)C)cc6)c6ccccc65)ccc4)ccc3c3cc(-c4ccc(C(C)(C)C)cc4)ccc32)ncc1-c1ccc(C(C)(C)C)cc1.[Pt]. The van der Waals surface area contributed by atoms with Gasteiger partial charge in [0.05, 0.1) is 0 Å². The standard InChI is InChI=1S/C73H65N4O.Pt/c1-48-42-69(74-46-64(48)52-30-37-56(38-31-52)73(8,9)10)77-65-41-32-53(49-26-33-54(34-27-49)71(2,3)4)43-63(65)62-40-39-59(45-68(62)77)78-58-21-16-20-57(44-58)75-47-76(67-25-15-14-24-66(67)75)70-60(50-18-12-11-13-19-50)22-17-23-61(70)51-28-35-55(36-29-51)72(5,6)7;/h11-43,46-47H,1-10H3;/q-3;/i1D3;. The van der Waals surface area contributed by atoms with Crippen LogP contribution in [-0.2, 0) is 37.3 Å². The molecule has 11 aromatic rings. The van der Waals surface area contributed by atoms with Gasteiger partial charge in [-0.25, -0.2) is 4.98 Å². The summed E-state index contributed by atoms with van der Waals surface area (Å²) in [4.78, 5) is 9.54. The third kappa shape index (κ3) is 10.2. The molecule has 0 radical (unpaired) electrons. The molecule has 0 bridgehead atoms. The monoisotopic (exact) mass is 1210 g/mol. The summed E-state index contributed by atoms with van der Waals surface area (Å²) in [6, 6.07) is 76.9. The zero-order valence-electron chi connectivity index (χ0n) is 49.2. The van der Waals surface area contributed by atoms with Crippen LogP contribution in [0.1, 0.15) is 88.7 Å². The Morgan fingerprint density at radius 2 is 1.00 bits per heavy atom. The summed E-state index contributed by atoms with van der Waals surface area (Å²) in [6.45, 7) is 19.6. The van der Waals surface area contributed by atoms with Crippen LogP contribution in [-0.4, -0.2) is 9.55 Å². The normalized spacial score (nSPS) is 13.5. The van der Waals surface area contributed by atoms with Gasteiger partial charge in [-0.05, 0) is 103 Å². The Morgan fingerprint density at radius 1 is 0.468 bits per heavy atom. The Bertz CT molecular complexity index is 4150. The van der Waals surface area contributed by atoms with Gasteiger partial charge in [-0.2, -0.15) is 12.1 Å². The number of para-hydroxylation sites is 3. The van der Waals surface area contributed by atoms with E-state index >= 15 is 0 Å². The maximum absolute atomic E-state index is 8.83. The second-order valence-corrected chi connectivity index (χ2v) is 23.6. The molecular weight excluding hydrogens is 1140 g/mol. The smallest absolute Gasteiger partial charge is 0.135 e. The average Bonchev–Trinajstić information content (AvgIpc) is 4.10. The van der Waals surface area contributed by atoms with E-state index in [0.29, 0.717) is 28.4 Å². The number of aromatic nitrogens is 2. The number of ether oxygens (including phenoxy) is 1. The minimum absolute atomic E-state index is 0. The molecule has 0 unspecified atom stereocenters. The number of anilines is 4. The predicted molar refractivity (Wildman–Crippen MR) is 327 cm³/mol. The van der Waals surface area contributed by atoms with Crippen molar-refractivity contribution >= 4 is 44.6 Å². The second kappa shape index (κ2) is 20.7. The van der Waals surface area contributed by atoms with Gasteiger partial charge in [0, 0.05) is 82.1 Å². The van der Waals surface area contributed by atoms with Crippen LogP contribution < -0.4 is 14.5 Å². The van der Waals surface area contributed by atoms with Gasteiger partial charge >= 0.3 is 0 Å². The molecule has 2 aromatic heterocycles. The molecule has 9 aromatic carbocycles. The van der Waals surface area contributed by atoms with Crippen LogP contribution in [0.5, 0.6) is 11.5 Å². The van der Waals surface area contributed by atoms with Gasteiger partial charge in [-0.1, -0.05) is 213 Å². The molecule has 0 saturated carbocycles. The first-order chi connectivity index (χ1) is 38.7. The Hall–Kier alpha value is -7.98. The minimum Gasteiger partial charge on any atom is -0.509 e. The third-order valence-electron chi connectivity index (χ3n) is 15.2. The number of benzene rings is 9. The number of pyridine rings is 1. The van der Waals surface area contributed by atoms with Crippen molar-refractivity contribution in [2.24, 2.45) is 0 Å². The fourth-order valence-corrected chi connectivity index (χ4v) is 10.8. The van der Waals surface area contributed by atoms with E-state index in [0.717, 1.165) is 78.0 Å².